The van der Waals surface area contributed by atoms with Crippen LogP contribution in [0.15, 0.2) is 18.2 Å². The van der Waals surface area contributed by atoms with Crippen LogP contribution in [0.2, 0.25) is 0 Å². The Kier molecular flexibility index (Phi) is 2.59. The van der Waals surface area contributed by atoms with Gasteiger partial charge in [-0.15, -0.1) is 0 Å². The maximum Gasteiger partial charge on any atom is 0.242 e. The summed E-state index contributed by atoms with van der Waals surface area (Å²) in [5, 5.41) is 6.28. The number of nitrogens with zero attached hydrogens (tertiary/aromatic N) is 1. The van der Waals surface area contributed by atoms with Crippen molar-refractivity contribution in [2.75, 3.05) is 5.32 Å². The number of aryl methyl sites for hydroxylation is 1. The van der Waals surface area contributed by atoms with Gasteiger partial charge in [0.1, 0.15) is 5.82 Å². The molecule has 2 N–H and O–H groups in total. The van der Waals surface area contributed by atoms with E-state index < -0.39 is 0 Å². The summed E-state index contributed by atoms with van der Waals surface area (Å²) in [4.78, 5) is 16.4. The number of aromatic nitrogens is 1. The van der Waals surface area contributed by atoms with Gasteiger partial charge in [-0.1, -0.05) is 6.07 Å². The average molecular weight is 231 g/mol. The number of hydrogen-bond donors (Lipinski definition) is 2. The lowest BCUT2D eigenvalue weighted by molar-refractivity contribution is -0.119. The number of piperidine rings is 1. The van der Waals surface area contributed by atoms with Crippen molar-refractivity contribution in [1.82, 2.24) is 10.3 Å². The molecule has 2 aliphatic rings. The minimum atomic E-state index is -0.0175. The highest BCUT2D eigenvalue weighted by atomic mass is 16.2. The second-order valence-corrected chi connectivity index (χ2v) is 5.07. The molecule has 0 aromatic carbocycles. The smallest absolute Gasteiger partial charge is 0.242 e. The number of anilines is 1. The fraction of sp³-hybridized carbons (Fsp3) is 0.538. The number of rotatable bonds is 2. The molecule has 2 bridgehead atoms. The van der Waals surface area contributed by atoms with E-state index in [0.29, 0.717) is 17.8 Å². The van der Waals surface area contributed by atoms with Crippen LogP contribution in [-0.2, 0) is 4.79 Å². The summed E-state index contributed by atoms with van der Waals surface area (Å²) in [7, 11) is 0. The van der Waals surface area contributed by atoms with Gasteiger partial charge in [0.2, 0.25) is 5.91 Å². The third-order valence-corrected chi connectivity index (χ3v) is 3.78. The van der Waals surface area contributed by atoms with Gasteiger partial charge in [-0.05, 0) is 44.2 Å². The molecule has 17 heavy (non-hydrogen) atoms. The second-order valence-electron chi connectivity index (χ2n) is 5.07. The number of nitrogens with one attached hydrogen (secondary N) is 2. The van der Waals surface area contributed by atoms with Gasteiger partial charge in [0, 0.05) is 11.7 Å². The molecule has 1 amide bonds. The molecule has 1 aromatic rings. The van der Waals surface area contributed by atoms with Gasteiger partial charge >= 0.3 is 0 Å². The number of amides is 1. The molecule has 90 valence electrons. The van der Waals surface area contributed by atoms with Gasteiger partial charge in [-0.3, -0.25) is 4.79 Å². The molecular formula is C13H17N3O. The molecule has 4 heteroatoms. The Morgan fingerprint density at radius 2 is 2.35 bits per heavy atom. The zero-order valence-electron chi connectivity index (χ0n) is 9.94. The minimum Gasteiger partial charge on any atom is -0.309 e. The molecule has 2 fully saturated rings. The van der Waals surface area contributed by atoms with Crippen molar-refractivity contribution in [2.24, 2.45) is 5.92 Å². The Labute approximate surface area is 101 Å². The van der Waals surface area contributed by atoms with Crippen LogP contribution >= 0.6 is 0 Å². The Hall–Kier alpha value is -1.42. The van der Waals surface area contributed by atoms with E-state index in [2.05, 4.69) is 15.6 Å². The molecule has 3 rings (SSSR count). The van der Waals surface area contributed by atoms with E-state index >= 15 is 0 Å². The van der Waals surface area contributed by atoms with E-state index in [0.717, 1.165) is 12.1 Å². The maximum absolute atomic E-state index is 12.1. The van der Waals surface area contributed by atoms with Crippen LogP contribution in [0.25, 0.3) is 0 Å². The standard InChI is InChI=1S/C13H17N3O/c1-8-3-2-4-11(14-8)16-13(17)12-9-5-6-10(7-9)15-12/h2-4,9-10,12,15H,5-7H2,1H3,(H,14,16,17)/t9?,10?,12-/m1/s1. The molecule has 2 unspecified atom stereocenters. The lowest BCUT2D eigenvalue weighted by Gasteiger charge is -2.21. The zero-order chi connectivity index (χ0) is 11.8. The summed E-state index contributed by atoms with van der Waals surface area (Å²) in [6.45, 7) is 1.92. The molecule has 2 heterocycles. The first-order chi connectivity index (χ1) is 8.22. The molecule has 0 radical (unpaired) electrons. The van der Waals surface area contributed by atoms with Gasteiger partial charge in [0.25, 0.3) is 0 Å². The molecule has 1 aliphatic heterocycles. The molecule has 1 saturated carbocycles. The zero-order valence-corrected chi connectivity index (χ0v) is 9.94. The van der Waals surface area contributed by atoms with E-state index in [9.17, 15) is 4.79 Å². The molecule has 3 atom stereocenters. The van der Waals surface area contributed by atoms with Gasteiger partial charge < -0.3 is 10.6 Å². The van der Waals surface area contributed by atoms with Crippen molar-refractivity contribution in [3.05, 3.63) is 23.9 Å². The minimum absolute atomic E-state index is 0.0175. The van der Waals surface area contributed by atoms with Gasteiger partial charge in [-0.2, -0.15) is 0 Å². The van der Waals surface area contributed by atoms with Crippen LogP contribution in [0.1, 0.15) is 25.0 Å². The van der Waals surface area contributed by atoms with Gasteiger partial charge in [0.15, 0.2) is 0 Å². The molecule has 1 aliphatic carbocycles. The van der Waals surface area contributed by atoms with E-state index in [1.165, 1.54) is 12.8 Å². The van der Waals surface area contributed by atoms with Crippen molar-refractivity contribution < 1.29 is 4.79 Å². The largest absolute Gasteiger partial charge is 0.309 e. The lowest BCUT2D eigenvalue weighted by Crippen LogP contribution is -2.44. The number of carbonyl (C=O) groups excluding carboxylic acids is 1. The highest BCUT2D eigenvalue weighted by molar-refractivity contribution is 5.94. The first kappa shape index (κ1) is 10.7. The molecular weight excluding hydrogens is 214 g/mol. The highest BCUT2D eigenvalue weighted by Gasteiger charge is 2.42. The summed E-state index contributed by atoms with van der Waals surface area (Å²) in [5.41, 5.74) is 0.920. The van der Waals surface area contributed by atoms with Gasteiger partial charge in [0.05, 0.1) is 6.04 Å². The Balaban J connectivity index is 1.68. The van der Waals surface area contributed by atoms with Crippen LogP contribution in [0.4, 0.5) is 5.82 Å². The Morgan fingerprint density at radius 3 is 3.00 bits per heavy atom. The predicted octanol–water partition coefficient (Wildman–Crippen LogP) is 1.47. The quantitative estimate of drug-likeness (QED) is 0.810. The van der Waals surface area contributed by atoms with E-state index in [-0.39, 0.29) is 11.9 Å². The van der Waals surface area contributed by atoms with E-state index in [4.69, 9.17) is 0 Å². The van der Waals surface area contributed by atoms with Crippen LogP contribution in [0.3, 0.4) is 0 Å². The van der Waals surface area contributed by atoms with Crippen LogP contribution < -0.4 is 10.6 Å². The second kappa shape index (κ2) is 4.11. The van der Waals surface area contributed by atoms with Crippen molar-refractivity contribution in [1.29, 1.82) is 0 Å². The molecule has 0 spiro atoms. The third kappa shape index (κ3) is 2.05. The lowest BCUT2D eigenvalue weighted by atomic mass is 9.99. The summed E-state index contributed by atoms with van der Waals surface area (Å²) >= 11 is 0. The molecule has 1 aromatic heterocycles. The topological polar surface area (TPSA) is 54.0 Å². The fourth-order valence-corrected chi connectivity index (χ4v) is 2.97. The van der Waals surface area contributed by atoms with Crippen LogP contribution in [-0.4, -0.2) is 23.0 Å². The fourth-order valence-electron chi connectivity index (χ4n) is 2.97. The van der Waals surface area contributed by atoms with Crippen molar-refractivity contribution in [3.8, 4) is 0 Å². The van der Waals surface area contributed by atoms with E-state index in [1.807, 2.05) is 25.1 Å². The summed E-state index contributed by atoms with van der Waals surface area (Å²) in [6.07, 6.45) is 3.55. The van der Waals surface area contributed by atoms with Crippen molar-refractivity contribution in [3.63, 3.8) is 0 Å². The maximum atomic E-state index is 12.1. The van der Waals surface area contributed by atoms with Gasteiger partial charge in [-0.25, -0.2) is 4.98 Å². The normalized spacial score (nSPS) is 30.5. The number of carbonyl (C=O) groups is 1. The average Bonchev–Trinajstić information content (AvgIpc) is 2.90. The summed E-state index contributed by atoms with van der Waals surface area (Å²) in [6, 6.07) is 6.20. The monoisotopic (exact) mass is 231 g/mol. The number of hydrogen-bond acceptors (Lipinski definition) is 3. The highest BCUT2D eigenvalue weighted by Crippen LogP contribution is 2.35. The number of fused-ring (bicyclic) bond motifs is 2. The summed E-state index contributed by atoms with van der Waals surface area (Å²) < 4.78 is 0. The first-order valence-electron chi connectivity index (χ1n) is 6.23. The molecule has 1 saturated heterocycles. The Morgan fingerprint density at radius 1 is 1.47 bits per heavy atom. The molecule has 4 nitrogen and oxygen atoms in total. The third-order valence-electron chi connectivity index (χ3n) is 3.78. The van der Waals surface area contributed by atoms with Crippen LogP contribution in [0, 0.1) is 12.8 Å². The summed E-state index contributed by atoms with van der Waals surface area (Å²) in [5.74, 6) is 1.24. The predicted molar refractivity (Wildman–Crippen MR) is 65.7 cm³/mol. The van der Waals surface area contributed by atoms with Crippen molar-refractivity contribution >= 4 is 11.7 Å². The van der Waals surface area contributed by atoms with Crippen molar-refractivity contribution in [2.45, 2.75) is 38.3 Å². The van der Waals surface area contributed by atoms with E-state index in [1.54, 1.807) is 0 Å². The first-order valence-corrected chi connectivity index (χ1v) is 6.23. The number of pyridine rings is 1. The Bertz CT molecular complexity index is 446. The van der Waals surface area contributed by atoms with Crippen LogP contribution in [0.5, 0.6) is 0 Å². The SMILES string of the molecule is Cc1cccc(NC(=O)[C@@H]2NC3CCC2C3)n1.